The molecule has 3 N–H and O–H groups in total. The molecule has 10 heteroatoms. The number of rotatable bonds is 6. The zero-order valence-electron chi connectivity index (χ0n) is 14.6. The number of aromatic nitrogens is 2. The van der Waals surface area contributed by atoms with Gasteiger partial charge in [-0.05, 0) is 29.8 Å². The molecule has 29 heavy (non-hydrogen) atoms. The number of nitrogens with one attached hydrogen (secondary N) is 1. The van der Waals surface area contributed by atoms with Crippen LogP contribution in [0.2, 0.25) is 0 Å². The zero-order valence-corrected chi connectivity index (χ0v) is 14.6. The topological polar surface area (TPSA) is 104 Å². The molecule has 3 aromatic rings. The van der Waals surface area contributed by atoms with E-state index < -0.39 is 47.7 Å². The molecule has 0 unspecified atom stereocenters. The van der Waals surface area contributed by atoms with Gasteiger partial charge in [-0.1, -0.05) is 12.1 Å². The van der Waals surface area contributed by atoms with Gasteiger partial charge in [-0.15, -0.1) is 0 Å². The van der Waals surface area contributed by atoms with Gasteiger partial charge in [-0.25, -0.2) is 13.2 Å². The van der Waals surface area contributed by atoms with Crippen molar-refractivity contribution < 1.29 is 33.0 Å². The summed E-state index contributed by atoms with van der Waals surface area (Å²) in [4.78, 5) is 23.6. The van der Waals surface area contributed by atoms with Gasteiger partial charge < -0.3 is 15.5 Å². The fourth-order valence-electron chi connectivity index (χ4n) is 2.69. The van der Waals surface area contributed by atoms with Crippen LogP contribution >= 0.6 is 0 Å². The third-order valence-corrected chi connectivity index (χ3v) is 4.00. The fourth-order valence-corrected chi connectivity index (χ4v) is 2.69. The first-order valence-corrected chi connectivity index (χ1v) is 8.27. The van der Waals surface area contributed by atoms with E-state index in [-0.39, 0.29) is 16.9 Å². The zero-order chi connectivity index (χ0) is 21.1. The maximum atomic E-state index is 13.9. The summed E-state index contributed by atoms with van der Waals surface area (Å²) in [5, 5.41) is 25.2. The quantitative estimate of drug-likeness (QED) is 0.585. The van der Waals surface area contributed by atoms with Crippen molar-refractivity contribution in [2.75, 3.05) is 0 Å². The van der Waals surface area contributed by atoms with Gasteiger partial charge in [-0.3, -0.25) is 9.59 Å². The lowest BCUT2D eigenvalue weighted by Gasteiger charge is -2.16. The van der Waals surface area contributed by atoms with Crippen LogP contribution in [-0.2, 0) is 4.79 Å². The maximum absolute atomic E-state index is 13.9. The Kier molecular flexibility index (Phi) is 5.53. The average molecular weight is 405 g/mol. The van der Waals surface area contributed by atoms with Crippen molar-refractivity contribution in [3.8, 4) is 11.6 Å². The van der Waals surface area contributed by atoms with Crippen molar-refractivity contribution in [1.82, 2.24) is 15.1 Å². The van der Waals surface area contributed by atoms with Crippen LogP contribution in [0.5, 0.6) is 5.88 Å². The van der Waals surface area contributed by atoms with E-state index in [1.165, 1.54) is 18.2 Å². The first-order chi connectivity index (χ1) is 13.7. The molecule has 3 rings (SSSR count). The molecule has 150 valence electrons. The van der Waals surface area contributed by atoms with Crippen LogP contribution in [0.25, 0.3) is 5.69 Å². The summed E-state index contributed by atoms with van der Waals surface area (Å²) in [6.07, 6.45) is -0.533. The Labute approximate surface area is 162 Å². The molecule has 2 aromatic carbocycles. The lowest BCUT2D eigenvalue weighted by Crippen LogP contribution is -2.30. The molecule has 0 fully saturated rings. The van der Waals surface area contributed by atoms with E-state index in [4.69, 9.17) is 5.11 Å². The molecule has 7 nitrogen and oxygen atoms in total. The highest BCUT2D eigenvalue weighted by molar-refractivity contribution is 5.93. The lowest BCUT2D eigenvalue weighted by atomic mass is 10.0. The monoisotopic (exact) mass is 405 g/mol. The van der Waals surface area contributed by atoms with Crippen LogP contribution in [0, 0.1) is 17.5 Å². The van der Waals surface area contributed by atoms with Crippen molar-refractivity contribution in [2.45, 2.75) is 12.5 Å². The van der Waals surface area contributed by atoms with Gasteiger partial charge in [0.15, 0.2) is 11.5 Å². The average Bonchev–Trinajstić information content (AvgIpc) is 3.02. The number of hydrogen-bond acceptors (Lipinski definition) is 4. The van der Waals surface area contributed by atoms with Gasteiger partial charge in [0.2, 0.25) is 5.88 Å². The molecular weight excluding hydrogens is 391 g/mol. The number of aromatic hydroxyl groups is 1. The number of nitrogens with zero attached hydrogens (tertiary/aromatic N) is 2. The summed E-state index contributed by atoms with van der Waals surface area (Å²) in [5.74, 6) is -5.17. The first kappa shape index (κ1) is 19.9. The molecule has 1 aromatic heterocycles. The van der Waals surface area contributed by atoms with Gasteiger partial charge in [0, 0.05) is 12.1 Å². The number of aliphatic carboxylic acids is 1. The Hall–Kier alpha value is -3.82. The van der Waals surface area contributed by atoms with Crippen molar-refractivity contribution in [1.29, 1.82) is 0 Å². The van der Waals surface area contributed by atoms with Crippen LogP contribution in [0.15, 0.2) is 48.5 Å². The summed E-state index contributed by atoms with van der Waals surface area (Å²) in [7, 11) is 0. The summed E-state index contributed by atoms with van der Waals surface area (Å²) in [6.45, 7) is 0. The number of benzene rings is 2. The molecule has 0 aliphatic rings. The summed E-state index contributed by atoms with van der Waals surface area (Å²) in [5.41, 5.74) is -0.429. The molecule has 0 aliphatic heterocycles. The SMILES string of the molecule is O=C(O)C[C@H](NC(=O)c1cc(O)n(-c2ccc(F)cc2F)n1)c1cccc(F)c1. The number of carbonyl (C=O) groups is 2. The van der Waals surface area contributed by atoms with Crippen LogP contribution < -0.4 is 5.32 Å². The van der Waals surface area contributed by atoms with Gasteiger partial charge in [-0.2, -0.15) is 9.78 Å². The van der Waals surface area contributed by atoms with Gasteiger partial charge in [0.05, 0.1) is 12.5 Å². The fraction of sp³-hybridized carbons (Fsp3) is 0.105. The Bertz CT molecular complexity index is 1080. The minimum atomic E-state index is -1.23. The number of amides is 1. The predicted molar refractivity (Wildman–Crippen MR) is 94.0 cm³/mol. The minimum absolute atomic E-state index is 0.217. The molecule has 1 heterocycles. The highest BCUT2D eigenvalue weighted by Crippen LogP contribution is 2.23. The number of halogens is 3. The van der Waals surface area contributed by atoms with Gasteiger partial charge >= 0.3 is 5.97 Å². The van der Waals surface area contributed by atoms with E-state index >= 15 is 0 Å². The summed E-state index contributed by atoms with van der Waals surface area (Å²) in [6, 6.07) is 7.48. The van der Waals surface area contributed by atoms with Crippen LogP contribution in [0.1, 0.15) is 28.5 Å². The van der Waals surface area contributed by atoms with Crippen LogP contribution in [0.3, 0.4) is 0 Å². The highest BCUT2D eigenvalue weighted by Gasteiger charge is 2.23. The minimum Gasteiger partial charge on any atom is -0.493 e. The molecule has 0 saturated heterocycles. The number of hydrogen-bond donors (Lipinski definition) is 3. The normalized spacial score (nSPS) is 11.8. The lowest BCUT2D eigenvalue weighted by molar-refractivity contribution is -0.137. The molecule has 0 saturated carbocycles. The van der Waals surface area contributed by atoms with E-state index in [0.29, 0.717) is 10.7 Å². The van der Waals surface area contributed by atoms with Crippen molar-refractivity contribution in [3.05, 3.63) is 77.2 Å². The Morgan fingerprint density at radius 1 is 1.07 bits per heavy atom. The largest absolute Gasteiger partial charge is 0.493 e. The molecule has 1 amide bonds. The van der Waals surface area contributed by atoms with E-state index in [9.17, 15) is 27.9 Å². The van der Waals surface area contributed by atoms with Crippen molar-refractivity contribution in [2.24, 2.45) is 0 Å². The molecule has 0 bridgehead atoms. The second kappa shape index (κ2) is 8.05. The van der Waals surface area contributed by atoms with Crippen LogP contribution in [0.4, 0.5) is 13.2 Å². The summed E-state index contributed by atoms with van der Waals surface area (Å²) >= 11 is 0. The Morgan fingerprint density at radius 2 is 1.79 bits per heavy atom. The Morgan fingerprint density at radius 3 is 2.45 bits per heavy atom. The Balaban J connectivity index is 1.88. The van der Waals surface area contributed by atoms with E-state index in [2.05, 4.69) is 10.4 Å². The number of carbonyl (C=O) groups excluding carboxylic acids is 1. The molecule has 0 aliphatic carbocycles. The maximum Gasteiger partial charge on any atom is 0.305 e. The first-order valence-electron chi connectivity index (χ1n) is 8.27. The molecule has 0 radical (unpaired) electrons. The third kappa shape index (κ3) is 4.54. The molecule has 0 spiro atoms. The van der Waals surface area contributed by atoms with Crippen molar-refractivity contribution >= 4 is 11.9 Å². The second-order valence-electron chi connectivity index (χ2n) is 6.07. The number of carboxylic acids is 1. The van der Waals surface area contributed by atoms with Gasteiger partial charge in [0.25, 0.3) is 5.91 Å². The standard InChI is InChI=1S/C19H14F3N3O4/c20-11-3-1-2-10(6-11)14(9-18(27)28)23-19(29)15-8-17(26)25(24-15)16-5-4-12(21)7-13(16)22/h1-8,14,26H,9H2,(H,23,29)(H,27,28)/t14-/m0/s1. The third-order valence-electron chi connectivity index (χ3n) is 4.00. The highest BCUT2D eigenvalue weighted by atomic mass is 19.1. The summed E-state index contributed by atoms with van der Waals surface area (Å²) < 4.78 is 41.1. The predicted octanol–water partition coefficient (Wildman–Crippen LogP) is 2.94. The molecular formula is C19H14F3N3O4. The van der Waals surface area contributed by atoms with Crippen LogP contribution in [-0.4, -0.2) is 31.9 Å². The van der Waals surface area contributed by atoms with E-state index in [1.54, 1.807) is 0 Å². The van der Waals surface area contributed by atoms with E-state index in [1.807, 2.05) is 0 Å². The van der Waals surface area contributed by atoms with E-state index in [0.717, 1.165) is 24.3 Å². The number of carboxylic acid groups (broad SMARTS) is 1. The van der Waals surface area contributed by atoms with Crippen molar-refractivity contribution in [3.63, 3.8) is 0 Å². The van der Waals surface area contributed by atoms with Gasteiger partial charge in [0.1, 0.15) is 17.3 Å². The molecule has 1 atom stereocenters. The second-order valence-corrected chi connectivity index (χ2v) is 6.07. The smallest absolute Gasteiger partial charge is 0.305 e.